The van der Waals surface area contributed by atoms with Crippen molar-refractivity contribution < 1.29 is 19.1 Å². The molecular weight excluding hydrogens is 368 g/mol. The van der Waals surface area contributed by atoms with Crippen molar-refractivity contribution in [2.45, 2.75) is 25.9 Å². The first-order chi connectivity index (χ1) is 14.0. The van der Waals surface area contributed by atoms with Crippen LogP contribution in [-0.2, 0) is 25.7 Å². The van der Waals surface area contributed by atoms with Crippen LogP contribution in [0.15, 0.2) is 60.7 Å². The maximum absolute atomic E-state index is 12.4. The number of carbonyl (C=O) groups excluding carboxylic acids is 3. The molecule has 0 aliphatic carbocycles. The molecule has 1 saturated heterocycles. The van der Waals surface area contributed by atoms with Crippen molar-refractivity contribution in [3.63, 3.8) is 0 Å². The van der Waals surface area contributed by atoms with Crippen molar-refractivity contribution in [3.05, 3.63) is 71.8 Å². The summed E-state index contributed by atoms with van der Waals surface area (Å²) in [5.41, 5.74) is 2.02. The zero-order chi connectivity index (χ0) is 20.8. The van der Waals surface area contributed by atoms with Gasteiger partial charge in [-0.1, -0.05) is 60.7 Å². The Morgan fingerprint density at radius 1 is 1.10 bits per heavy atom. The van der Waals surface area contributed by atoms with Crippen LogP contribution in [0.3, 0.4) is 0 Å². The molecule has 6 heteroatoms. The Morgan fingerprint density at radius 2 is 1.72 bits per heavy atom. The van der Waals surface area contributed by atoms with Crippen LogP contribution in [0.5, 0.6) is 0 Å². The first-order valence-electron chi connectivity index (χ1n) is 9.74. The molecular formula is C23H26N2O4. The van der Waals surface area contributed by atoms with E-state index in [2.05, 4.69) is 0 Å². The highest BCUT2D eigenvalue weighted by atomic mass is 16.5. The van der Waals surface area contributed by atoms with Gasteiger partial charge >= 0.3 is 5.97 Å². The molecule has 152 valence electrons. The van der Waals surface area contributed by atoms with E-state index in [1.54, 1.807) is 11.9 Å². The fourth-order valence-electron chi connectivity index (χ4n) is 3.48. The lowest BCUT2D eigenvalue weighted by Gasteiger charge is -2.25. The number of esters is 1. The van der Waals surface area contributed by atoms with Gasteiger partial charge in [-0.2, -0.15) is 0 Å². The van der Waals surface area contributed by atoms with Crippen molar-refractivity contribution in [1.82, 2.24) is 9.80 Å². The van der Waals surface area contributed by atoms with E-state index in [1.165, 1.54) is 4.90 Å². The molecule has 2 aromatic carbocycles. The van der Waals surface area contributed by atoms with Gasteiger partial charge in [0.2, 0.25) is 5.91 Å². The SMILES string of the molecule is C[C@H](c1ccccc1)N1C[C@H](C(=O)OCC(=O)N(C)Cc2ccccc2)CC1=O. The number of benzene rings is 2. The zero-order valence-electron chi connectivity index (χ0n) is 16.8. The van der Waals surface area contributed by atoms with E-state index in [1.807, 2.05) is 67.6 Å². The summed E-state index contributed by atoms with van der Waals surface area (Å²) >= 11 is 0. The fourth-order valence-corrected chi connectivity index (χ4v) is 3.48. The highest BCUT2D eigenvalue weighted by molar-refractivity contribution is 5.88. The Labute approximate surface area is 171 Å². The van der Waals surface area contributed by atoms with Crippen LogP contribution in [-0.4, -0.2) is 47.8 Å². The predicted molar refractivity (Wildman–Crippen MR) is 109 cm³/mol. The summed E-state index contributed by atoms with van der Waals surface area (Å²) in [6.45, 7) is 2.38. The van der Waals surface area contributed by atoms with E-state index in [-0.39, 0.29) is 30.9 Å². The Hall–Kier alpha value is -3.15. The summed E-state index contributed by atoms with van der Waals surface area (Å²) in [6, 6.07) is 19.2. The van der Waals surface area contributed by atoms with Crippen LogP contribution in [0.25, 0.3) is 0 Å². The van der Waals surface area contributed by atoms with Gasteiger partial charge in [0, 0.05) is 26.6 Å². The molecule has 0 unspecified atom stereocenters. The van der Waals surface area contributed by atoms with E-state index in [0.717, 1.165) is 11.1 Å². The normalized spacial score (nSPS) is 17.1. The molecule has 2 aromatic rings. The smallest absolute Gasteiger partial charge is 0.311 e. The highest BCUT2D eigenvalue weighted by Crippen LogP contribution is 2.29. The number of likely N-dealkylation sites (tertiary alicyclic amines) is 1. The van der Waals surface area contributed by atoms with Gasteiger partial charge in [0.05, 0.1) is 12.0 Å². The van der Waals surface area contributed by atoms with Crippen molar-refractivity contribution in [1.29, 1.82) is 0 Å². The third-order valence-electron chi connectivity index (χ3n) is 5.27. The molecule has 2 amide bonds. The minimum atomic E-state index is -0.541. The van der Waals surface area contributed by atoms with Gasteiger partial charge in [0.1, 0.15) is 0 Å². The molecule has 0 radical (unpaired) electrons. The quantitative estimate of drug-likeness (QED) is 0.678. The third kappa shape index (κ3) is 5.22. The molecule has 1 aliphatic heterocycles. The number of amides is 2. The summed E-state index contributed by atoms with van der Waals surface area (Å²) in [5.74, 6) is -1.39. The average molecular weight is 394 g/mol. The van der Waals surface area contributed by atoms with Gasteiger partial charge in [-0.15, -0.1) is 0 Å². The first kappa shape index (κ1) is 20.6. The number of ether oxygens (including phenoxy) is 1. The van der Waals surface area contributed by atoms with Gasteiger partial charge < -0.3 is 14.5 Å². The number of rotatable bonds is 7. The lowest BCUT2D eigenvalue weighted by molar-refractivity contribution is -0.155. The molecule has 6 nitrogen and oxygen atoms in total. The van der Waals surface area contributed by atoms with E-state index in [4.69, 9.17) is 4.74 Å². The summed E-state index contributed by atoms with van der Waals surface area (Å²) in [4.78, 5) is 40.3. The average Bonchev–Trinajstić information content (AvgIpc) is 3.14. The van der Waals surface area contributed by atoms with Crippen LogP contribution >= 0.6 is 0 Å². The Balaban J connectivity index is 1.49. The summed E-state index contributed by atoms with van der Waals surface area (Å²) in [6.07, 6.45) is 0.115. The predicted octanol–water partition coefficient (Wildman–Crippen LogP) is 2.80. The largest absolute Gasteiger partial charge is 0.455 e. The minimum absolute atomic E-state index is 0.0733. The number of carbonyl (C=O) groups is 3. The van der Waals surface area contributed by atoms with Crippen molar-refractivity contribution >= 4 is 17.8 Å². The third-order valence-corrected chi connectivity index (χ3v) is 5.27. The molecule has 0 N–H and O–H groups in total. The second kappa shape index (κ2) is 9.37. The summed E-state index contributed by atoms with van der Waals surface area (Å²) < 4.78 is 5.22. The number of likely N-dealkylation sites (N-methyl/N-ethyl adjacent to an activating group) is 1. The molecule has 0 spiro atoms. The number of hydrogen-bond acceptors (Lipinski definition) is 4. The molecule has 1 heterocycles. The lowest BCUT2D eigenvalue weighted by Crippen LogP contribution is -2.33. The van der Waals surface area contributed by atoms with Crippen LogP contribution in [0, 0.1) is 5.92 Å². The van der Waals surface area contributed by atoms with Gasteiger partial charge in [0.15, 0.2) is 6.61 Å². The first-order valence-corrected chi connectivity index (χ1v) is 9.74. The van der Waals surface area contributed by atoms with Gasteiger partial charge in [0.25, 0.3) is 5.91 Å². The van der Waals surface area contributed by atoms with Crippen LogP contribution < -0.4 is 0 Å². The second-order valence-corrected chi connectivity index (χ2v) is 7.38. The summed E-state index contributed by atoms with van der Waals surface area (Å²) in [7, 11) is 1.67. The van der Waals surface area contributed by atoms with Crippen molar-refractivity contribution in [2.24, 2.45) is 5.92 Å². The van der Waals surface area contributed by atoms with Crippen LogP contribution in [0.4, 0.5) is 0 Å². The fraction of sp³-hybridized carbons (Fsp3) is 0.348. The van der Waals surface area contributed by atoms with Crippen molar-refractivity contribution in [2.75, 3.05) is 20.2 Å². The topological polar surface area (TPSA) is 66.9 Å². The molecule has 1 aliphatic rings. The van der Waals surface area contributed by atoms with Crippen molar-refractivity contribution in [3.8, 4) is 0 Å². The van der Waals surface area contributed by atoms with E-state index in [9.17, 15) is 14.4 Å². The monoisotopic (exact) mass is 394 g/mol. The second-order valence-electron chi connectivity index (χ2n) is 7.38. The Bertz CT molecular complexity index is 854. The highest BCUT2D eigenvalue weighted by Gasteiger charge is 2.38. The molecule has 3 rings (SSSR count). The molecule has 0 bridgehead atoms. The van der Waals surface area contributed by atoms with Crippen LogP contribution in [0.1, 0.15) is 30.5 Å². The maximum atomic E-state index is 12.4. The number of hydrogen-bond donors (Lipinski definition) is 0. The van der Waals surface area contributed by atoms with Gasteiger partial charge in [-0.05, 0) is 18.1 Å². The standard InChI is InChI=1S/C23H26N2O4/c1-17(19-11-7-4-8-12-19)25-15-20(13-21(25)26)23(28)29-16-22(27)24(2)14-18-9-5-3-6-10-18/h3-12,17,20H,13-16H2,1-2H3/t17-,20-/m1/s1. The molecule has 0 saturated carbocycles. The maximum Gasteiger partial charge on any atom is 0.311 e. The molecule has 2 atom stereocenters. The number of nitrogens with zero attached hydrogens (tertiary/aromatic N) is 2. The Morgan fingerprint density at radius 3 is 2.38 bits per heavy atom. The molecule has 29 heavy (non-hydrogen) atoms. The summed E-state index contributed by atoms with van der Waals surface area (Å²) in [5, 5.41) is 0. The van der Waals surface area contributed by atoms with E-state index in [0.29, 0.717) is 13.1 Å². The van der Waals surface area contributed by atoms with Gasteiger partial charge in [-0.3, -0.25) is 14.4 Å². The minimum Gasteiger partial charge on any atom is -0.455 e. The van der Waals surface area contributed by atoms with Gasteiger partial charge in [-0.25, -0.2) is 0 Å². The molecule has 0 aromatic heterocycles. The molecule has 1 fully saturated rings. The van der Waals surface area contributed by atoms with E-state index >= 15 is 0 Å². The zero-order valence-corrected chi connectivity index (χ0v) is 16.8. The lowest BCUT2D eigenvalue weighted by atomic mass is 10.1. The van der Waals surface area contributed by atoms with Crippen LogP contribution in [0.2, 0.25) is 0 Å². The Kier molecular flexibility index (Phi) is 6.65. The van der Waals surface area contributed by atoms with E-state index < -0.39 is 11.9 Å².